The lowest BCUT2D eigenvalue weighted by Crippen LogP contribution is -2.11. The number of nitrogens with zero attached hydrogens (tertiary/aromatic N) is 2. The summed E-state index contributed by atoms with van der Waals surface area (Å²) < 4.78 is 32.5. The van der Waals surface area contributed by atoms with Crippen molar-refractivity contribution in [2.75, 3.05) is 5.32 Å². The normalized spacial score (nSPS) is 11.3. The zero-order valence-electron chi connectivity index (χ0n) is 12.9. The Hall–Kier alpha value is -1.71. The van der Waals surface area contributed by atoms with Crippen LogP contribution in [0.25, 0.3) is 10.1 Å². The summed E-state index contributed by atoms with van der Waals surface area (Å²) in [5.41, 5.74) is 1.19. The van der Waals surface area contributed by atoms with E-state index in [1.54, 1.807) is 30.9 Å². The first kappa shape index (κ1) is 18.1. The Kier molecular flexibility index (Phi) is 4.99. The SMILES string of the molecule is Cc1nn(C)cc1NC(=O)c1sc2c(Br)ccc(OC(F)F)c2c1Cl. The van der Waals surface area contributed by atoms with Gasteiger partial charge in [0.2, 0.25) is 0 Å². The lowest BCUT2D eigenvalue weighted by molar-refractivity contribution is -0.0487. The van der Waals surface area contributed by atoms with Crippen molar-refractivity contribution in [1.82, 2.24) is 9.78 Å². The summed E-state index contributed by atoms with van der Waals surface area (Å²) in [6, 6.07) is 2.95. The number of anilines is 1. The third kappa shape index (κ3) is 3.49. The Bertz CT molecular complexity index is 973. The van der Waals surface area contributed by atoms with Crippen LogP contribution in [0.15, 0.2) is 22.8 Å². The molecule has 1 N–H and O–H groups in total. The predicted molar refractivity (Wildman–Crippen MR) is 97.1 cm³/mol. The molecule has 3 rings (SSSR count). The molecule has 0 spiro atoms. The molecule has 0 atom stereocenters. The maximum Gasteiger partial charge on any atom is 0.387 e. The van der Waals surface area contributed by atoms with Crippen molar-refractivity contribution in [3.05, 3.63) is 38.4 Å². The number of carbonyl (C=O) groups excluding carboxylic acids is 1. The zero-order chi connectivity index (χ0) is 18.3. The van der Waals surface area contributed by atoms with E-state index in [2.05, 4.69) is 31.1 Å². The number of hydrogen-bond acceptors (Lipinski definition) is 4. The molecule has 0 bridgehead atoms. The molecule has 0 aliphatic carbocycles. The Morgan fingerprint density at radius 1 is 1.48 bits per heavy atom. The molecule has 0 aliphatic heterocycles. The molecule has 0 unspecified atom stereocenters. The van der Waals surface area contributed by atoms with E-state index in [4.69, 9.17) is 11.6 Å². The summed E-state index contributed by atoms with van der Waals surface area (Å²) >= 11 is 10.7. The summed E-state index contributed by atoms with van der Waals surface area (Å²) in [6.07, 6.45) is 1.66. The van der Waals surface area contributed by atoms with Crippen LogP contribution >= 0.6 is 38.9 Å². The average molecular weight is 451 g/mol. The molecular weight excluding hydrogens is 440 g/mol. The maximum absolute atomic E-state index is 12.6. The van der Waals surface area contributed by atoms with Gasteiger partial charge in [-0.3, -0.25) is 9.48 Å². The third-order valence-electron chi connectivity index (χ3n) is 3.38. The molecule has 132 valence electrons. The minimum Gasteiger partial charge on any atom is -0.434 e. The van der Waals surface area contributed by atoms with Crippen molar-refractivity contribution in [1.29, 1.82) is 0 Å². The van der Waals surface area contributed by atoms with Gasteiger partial charge in [0.05, 0.1) is 26.5 Å². The van der Waals surface area contributed by atoms with Gasteiger partial charge in [-0.1, -0.05) is 11.6 Å². The molecule has 1 aromatic carbocycles. The summed E-state index contributed by atoms with van der Waals surface area (Å²) in [5.74, 6) is -0.525. The average Bonchev–Trinajstić information content (AvgIpc) is 3.02. The van der Waals surface area contributed by atoms with Crippen LogP contribution < -0.4 is 10.1 Å². The van der Waals surface area contributed by atoms with Gasteiger partial charge in [0, 0.05) is 17.7 Å². The van der Waals surface area contributed by atoms with Crippen molar-refractivity contribution < 1.29 is 18.3 Å². The lowest BCUT2D eigenvalue weighted by Gasteiger charge is -2.07. The van der Waals surface area contributed by atoms with Gasteiger partial charge in [-0.2, -0.15) is 13.9 Å². The fourth-order valence-electron chi connectivity index (χ4n) is 2.35. The van der Waals surface area contributed by atoms with E-state index in [1.807, 2.05) is 0 Å². The number of rotatable bonds is 4. The van der Waals surface area contributed by atoms with Crippen LogP contribution in [-0.4, -0.2) is 22.3 Å². The lowest BCUT2D eigenvalue weighted by atomic mass is 10.2. The number of thiophene rings is 1. The van der Waals surface area contributed by atoms with Crippen molar-refractivity contribution in [2.45, 2.75) is 13.5 Å². The number of aryl methyl sites for hydroxylation is 2. The van der Waals surface area contributed by atoms with Gasteiger partial charge in [0.15, 0.2) is 0 Å². The van der Waals surface area contributed by atoms with E-state index < -0.39 is 12.5 Å². The highest BCUT2D eigenvalue weighted by Crippen LogP contribution is 2.44. The first-order valence-electron chi connectivity index (χ1n) is 6.94. The second-order valence-corrected chi connectivity index (χ2v) is 7.38. The summed E-state index contributed by atoms with van der Waals surface area (Å²) in [7, 11) is 1.74. The van der Waals surface area contributed by atoms with Crippen LogP contribution in [-0.2, 0) is 7.05 Å². The van der Waals surface area contributed by atoms with Crippen molar-refractivity contribution in [2.24, 2.45) is 7.05 Å². The quantitative estimate of drug-likeness (QED) is 0.593. The number of aromatic nitrogens is 2. The molecule has 5 nitrogen and oxygen atoms in total. The standard InChI is InChI=1S/C15H11BrClF2N3O2S/c1-6-8(5-22(2)21-6)20-14(23)13-11(17)10-9(24-15(18)19)4-3-7(16)12(10)25-13/h3-5,15H,1-2H3,(H,20,23). The number of carbonyl (C=O) groups is 1. The molecule has 2 heterocycles. The number of ether oxygens (including phenoxy) is 1. The van der Waals surface area contributed by atoms with E-state index in [1.165, 1.54) is 6.07 Å². The first-order valence-corrected chi connectivity index (χ1v) is 8.93. The van der Waals surface area contributed by atoms with Crippen LogP contribution in [0.1, 0.15) is 15.4 Å². The van der Waals surface area contributed by atoms with Gasteiger partial charge < -0.3 is 10.1 Å². The number of benzene rings is 1. The van der Waals surface area contributed by atoms with Crippen LogP contribution in [0.3, 0.4) is 0 Å². The van der Waals surface area contributed by atoms with Gasteiger partial charge in [-0.25, -0.2) is 0 Å². The number of nitrogens with one attached hydrogen (secondary N) is 1. The molecule has 0 radical (unpaired) electrons. The van der Waals surface area contributed by atoms with Crippen LogP contribution in [0.5, 0.6) is 5.75 Å². The van der Waals surface area contributed by atoms with Crippen LogP contribution in [0.2, 0.25) is 5.02 Å². The fourth-order valence-corrected chi connectivity index (χ4v) is 4.38. The molecular formula is C15H11BrClF2N3O2S. The molecule has 25 heavy (non-hydrogen) atoms. The smallest absolute Gasteiger partial charge is 0.387 e. The second-order valence-electron chi connectivity index (χ2n) is 5.13. The topological polar surface area (TPSA) is 56.2 Å². The van der Waals surface area contributed by atoms with E-state index in [0.29, 0.717) is 20.6 Å². The number of halogens is 4. The summed E-state index contributed by atoms with van der Waals surface area (Å²) in [6.45, 7) is -1.23. The fraction of sp³-hybridized carbons (Fsp3) is 0.200. The van der Waals surface area contributed by atoms with E-state index in [-0.39, 0.29) is 21.0 Å². The largest absolute Gasteiger partial charge is 0.434 e. The monoisotopic (exact) mass is 449 g/mol. The summed E-state index contributed by atoms with van der Waals surface area (Å²) in [5, 5.41) is 7.21. The summed E-state index contributed by atoms with van der Waals surface area (Å²) in [4.78, 5) is 12.8. The Morgan fingerprint density at radius 2 is 2.20 bits per heavy atom. The van der Waals surface area contributed by atoms with E-state index in [0.717, 1.165) is 11.3 Å². The number of hydrogen-bond donors (Lipinski definition) is 1. The van der Waals surface area contributed by atoms with E-state index in [9.17, 15) is 13.6 Å². The zero-order valence-corrected chi connectivity index (χ0v) is 16.1. The molecule has 2 aromatic heterocycles. The minimum absolute atomic E-state index is 0.0657. The Labute approximate surface area is 158 Å². The molecule has 0 saturated carbocycles. The first-order chi connectivity index (χ1) is 11.8. The number of alkyl halides is 2. The minimum atomic E-state index is -2.99. The molecule has 0 aliphatic rings. The highest BCUT2D eigenvalue weighted by molar-refractivity contribution is 9.10. The van der Waals surface area contributed by atoms with Gasteiger partial charge in [0.1, 0.15) is 10.6 Å². The molecule has 0 saturated heterocycles. The molecule has 10 heteroatoms. The number of amides is 1. The molecule has 3 aromatic rings. The molecule has 1 amide bonds. The van der Waals surface area contributed by atoms with Gasteiger partial charge in [-0.05, 0) is 35.0 Å². The maximum atomic E-state index is 12.6. The van der Waals surface area contributed by atoms with Crippen LogP contribution in [0.4, 0.5) is 14.5 Å². The van der Waals surface area contributed by atoms with Crippen molar-refractivity contribution in [3.8, 4) is 5.75 Å². The third-order valence-corrected chi connectivity index (χ3v) is 6.01. The highest BCUT2D eigenvalue weighted by atomic mass is 79.9. The Balaban J connectivity index is 2.05. The van der Waals surface area contributed by atoms with Gasteiger partial charge >= 0.3 is 6.61 Å². The van der Waals surface area contributed by atoms with Crippen molar-refractivity contribution >= 4 is 60.5 Å². The second kappa shape index (κ2) is 6.89. The molecule has 0 fully saturated rings. The highest BCUT2D eigenvalue weighted by Gasteiger charge is 2.23. The van der Waals surface area contributed by atoms with Crippen LogP contribution in [0, 0.1) is 6.92 Å². The van der Waals surface area contributed by atoms with Gasteiger partial charge in [0.25, 0.3) is 5.91 Å². The van der Waals surface area contributed by atoms with E-state index >= 15 is 0 Å². The number of fused-ring (bicyclic) bond motifs is 1. The Morgan fingerprint density at radius 3 is 2.80 bits per heavy atom. The van der Waals surface area contributed by atoms with Crippen molar-refractivity contribution in [3.63, 3.8) is 0 Å². The predicted octanol–water partition coefficient (Wildman–Crippen LogP) is 5.21. The van der Waals surface area contributed by atoms with Gasteiger partial charge in [-0.15, -0.1) is 11.3 Å².